The van der Waals surface area contributed by atoms with Crippen molar-refractivity contribution in [1.82, 2.24) is 4.98 Å². The van der Waals surface area contributed by atoms with E-state index in [1.54, 1.807) is 12.3 Å². The molecule has 1 aromatic heterocycles. The minimum absolute atomic E-state index is 0.461. The van der Waals surface area contributed by atoms with Gasteiger partial charge < -0.3 is 4.74 Å². The van der Waals surface area contributed by atoms with Crippen LogP contribution in [0, 0.1) is 5.95 Å². The number of ether oxygens (including phenoxy) is 1. The number of nitrogens with zero attached hydrogens (tertiary/aromatic N) is 1. The fourth-order valence-electron chi connectivity index (χ4n) is 2.48. The monoisotopic (exact) mass is 321 g/mol. The fraction of sp³-hybridized carbons (Fsp3) is 0.190. The summed E-state index contributed by atoms with van der Waals surface area (Å²) in [5, 5.41) is 0. The molecule has 0 radical (unpaired) electrons. The number of pyridine rings is 1. The van der Waals surface area contributed by atoms with Crippen LogP contribution in [0.4, 0.5) is 4.39 Å². The molecule has 0 saturated heterocycles. The van der Waals surface area contributed by atoms with E-state index in [4.69, 9.17) is 4.74 Å². The second-order valence-corrected chi connectivity index (χ2v) is 5.67. The molecule has 2 aromatic carbocycles. The highest BCUT2D eigenvalue weighted by Crippen LogP contribution is 2.26. The zero-order chi connectivity index (χ0) is 16.8. The van der Waals surface area contributed by atoms with E-state index in [1.165, 1.54) is 6.07 Å². The Hall–Kier alpha value is -2.68. The summed E-state index contributed by atoms with van der Waals surface area (Å²) in [6.07, 6.45) is 3.75. The number of halogens is 1. The largest absolute Gasteiger partial charge is 0.494 e. The SMILES string of the molecule is CCCCOc1ccc(-c2ccc(-c3ccc(F)nc3)cc2)cc1. The van der Waals surface area contributed by atoms with Gasteiger partial charge in [0, 0.05) is 11.8 Å². The van der Waals surface area contributed by atoms with Crippen molar-refractivity contribution < 1.29 is 9.13 Å². The van der Waals surface area contributed by atoms with Gasteiger partial charge in [-0.1, -0.05) is 49.7 Å². The molecule has 0 fully saturated rings. The highest BCUT2D eigenvalue weighted by atomic mass is 19.1. The van der Waals surface area contributed by atoms with Crippen LogP contribution in [0.15, 0.2) is 66.9 Å². The van der Waals surface area contributed by atoms with Crippen molar-refractivity contribution in [2.75, 3.05) is 6.61 Å². The van der Waals surface area contributed by atoms with Gasteiger partial charge in [-0.3, -0.25) is 0 Å². The van der Waals surface area contributed by atoms with Crippen molar-refractivity contribution >= 4 is 0 Å². The van der Waals surface area contributed by atoms with Gasteiger partial charge in [0.25, 0.3) is 0 Å². The minimum atomic E-state index is -0.461. The minimum Gasteiger partial charge on any atom is -0.494 e. The van der Waals surface area contributed by atoms with E-state index in [0.717, 1.165) is 47.5 Å². The zero-order valence-corrected chi connectivity index (χ0v) is 13.7. The standard InChI is InChI=1S/C21H20FNO/c1-2-3-14-24-20-11-8-17(9-12-20)16-4-6-18(7-5-16)19-10-13-21(22)23-15-19/h4-13,15H,2-3,14H2,1H3. The lowest BCUT2D eigenvalue weighted by molar-refractivity contribution is 0.309. The van der Waals surface area contributed by atoms with Crippen LogP contribution in [-0.4, -0.2) is 11.6 Å². The third-order valence-electron chi connectivity index (χ3n) is 3.90. The molecule has 2 nitrogen and oxygen atoms in total. The Morgan fingerprint density at radius 3 is 1.88 bits per heavy atom. The van der Waals surface area contributed by atoms with E-state index in [1.807, 2.05) is 24.3 Å². The zero-order valence-electron chi connectivity index (χ0n) is 13.7. The smallest absolute Gasteiger partial charge is 0.212 e. The summed E-state index contributed by atoms with van der Waals surface area (Å²) >= 11 is 0. The van der Waals surface area contributed by atoms with Crippen molar-refractivity contribution in [2.24, 2.45) is 0 Å². The Morgan fingerprint density at radius 1 is 0.792 bits per heavy atom. The summed E-state index contributed by atoms with van der Waals surface area (Å²) < 4.78 is 18.6. The number of hydrogen-bond donors (Lipinski definition) is 0. The maximum atomic E-state index is 12.9. The molecule has 3 heteroatoms. The first-order chi connectivity index (χ1) is 11.8. The van der Waals surface area contributed by atoms with Gasteiger partial charge in [-0.05, 0) is 47.4 Å². The lowest BCUT2D eigenvalue weighted by Gasteiger charge is -2.08. The van der Waals surface area contributed by atoms with Crippen LogP contribution in [0.1, 0.15) is 19.8 Å². The summed E-state index contributed by atoms with van der Waals surface area (Å²) in [6.45, 7) is 2.91. The molecule has 3 aromatic rings. The number of aromatic nitrogens is 1. The second-order valence-electron chi connectivity index (χ2n) is 5.67. The first-order valence-electron chi connectivity index (χ1n) is 8.21. The molecule has 0 aliphatic rings. The number of hydrogen-bond acceptors (Lipinski definition) is 2. The molecule has 0 saturated carbocycles. The molecule has 0 aliphatic carbocycles. The van der Waals surface area contributed by atoms with Gasteiger partial charge in [0.2, 0.25) is 5.95 Å². The van der Waals surface area contributed by atoms with Gasteiger partial charge in [0.15, 0.2) is 0 Å². The summed E-state index contributed by atoms with van der Waals surface area (Å²) in [5.74, 6) is 0.442. The molecule has 0 bridgehead atoms. The highest BCUT2D eigenvalue weighted by molar-refractivity contribution is 5.70. The van der Waals surface area contributed by atoms with Gasteiger partial charge in [0.1, 0.15) is 5.75 Å². The summed E-state index contributed by atoms with van der Waals surface area (Å²) in [5.41, 5.74) is 4.20. The van der Waals surface area contributed by atoms with Gasteiger partial charge >= 0.3 is 0 Å². The quantitative estimate of drug-likeness (QED) is 0.427. The van der Waals surface area contributed by atoms with E-state index in [9.17, 15) is 4.39 Å². The molecular formula is C21H20FNO. The molecular weight excluding hydrogens is 301 g/mol. The molecule has 24 heavy (non-hydrogen) atoms. The predicted octanol–water partition coefficient (Wildman–Crippen LogP) is 5.73. The number of rotatable bonds is 6. The van der Waals surface area contributed by atoms with Crippen LogP contribution >= 0.6 is 0 Å². The van der Waals surface area contributed by atoms with Crippen LogP contribution in [-0.2, 0) is 0 Å². The molecule has 0 spiro atoms. The van der Waals surface area contributed by atoms with E-state index in [-0.39, 0.29) is 0 Å². The topological polar surface area (TPSA) is 22.1 Å². The highest BCUT2D eigenvalue weighted by Gasteiger charge is 2.02. The molecule has 0 N–H and O–H groups in total. The average Bonchev–Trinajstić information content (AvgIpc) is 2.63. The van der Waals surface area contributed by atoms with Crippen molar-refractivity contribution in [3.8, 4) is 28.0 Å². The van der Waals surface area contributed by atoms with E-state index in [2.05, 4.69) is 36.2 Å². The summed E-state index contributed by atoms with van der Waals surface area (Å²) in [6, 6.07) is 19.4. The Bertz CT molecular complexity index is 764. The van der Waals surface area contributed by atoms with Crippen LogP contribution in [0.25, 0.3) is 22.3 Å². The maximum Gasteiger partial charge on any atom is 0.212 e. The van der Waals surface area contributed by atoms with Crippen LogP contribution < -0.4 is 4.74 Å². The van der Waals surface area contributed by atoms with Crippen LogP contribution in [0.3, 0.4) is 0 Å². The Balaban J connectivity index is 1.72. The van der Waals surface area contributed by atoms with Crippen molar-refractivity contribution in [1.29, 1.82) is 0 Å². The van der Waals surface area contributed by atoms with E-state index < -0.39 is 5.95 Å². The summed E-state index contributed by atoms with van der Waals surface area (Å²) in [4.78, 5) is 3.70. The molecule has 0 amide bonds. The van der Waals surface area contributed by atoms with Gasteiger partial charge in [-0.15, -0.1) is 0 Å². The van der Waals surface area contributed by atoms with E-state index >= 15 is 0 Å². The molecule has 0 atom stereocenters. The summed E-state index contributed by atoms with van der Waals surface area (Å²) in [7, 11) is 0. The number of unbranched alkanes of at least 4 members (excludes halogenated alkanes) is 1. The molecule has 0 aliphatic heterocycles. The van der Waals surface area contributed by atoms with Crippen LogP contribution in [0.5, 0.6) is 5.75 Å². The maximum absolute atomic E-state index is 12.9. The lowest BCUT2D eigenvalue weighted by Crippen LogP contribution is -1.95. The Kier molecular flexibility index (Phi) is 5.22. The molecule has 1 heterocycles. The Labute approximate surface area is 142 Å². The third-order valence-corrected chi connectivity index (χ3v) is 3.90. The average molecular weight is 321 g/mol. The molecule has 122 valence electrons. The van der Waals surface area contributed by atoms with Gasteiger partial charge in [0.05, 0.1) is 6.61 Å². The van der Waals surface area contributed by atoms with E-state index in [0.29, 0.717) is 0 Å². The first kappa shape index (κ1) is 16.2. The van der Waals surface area contributed by atoms with Gasteiger partial charge in [-0.25, -0.2) is 4.98 Å². The van der Waals surface area contributed by atoms with Crippen molar-refractivity contribution in [3.05, 3.63) is 72.8 Å². The van der Waals surface area contributed by atoms with Crippen molar-refractivity contribution in [3.63, 3.8) is 0 Å². The normalized spacial score (nSPS) is 10.6. The Morgan fingerprint density at radius 2 is 1.33 bits per heavy atom. The third kappa shape index (κ3) is 3.99. The number of benzene rings is 2. The lowest BCUT2D eigenvalue weighted by atomic mass is 10.0. The molecule has 0 unspecified atom stereocenters. The molecule has 3 rings (SSSR count). The predicted molar refractivity (Wildman–Crippen MR) is 95.5 cm³/mol. The van der Waals surface area contributed by atoms with Gasteiger partial charge in [-0.2, -0.15) is 4.39 Å². The van der Waals surface area contributed by atoms with Crippen molar-refractivity contribution in [2.45, 2.75) is 19.8 Å². The first-order valence-corrected chi connectivity index (χ1v) is 8.21. The van der Waals surface area contributed by atoms with Crippen LogP contribution in [0.2, 0.25) is 0 Å². The second kappa shape index (κ2) is 7.73. The fourth-order valence-corrected chi connectivity index (χ4v) is 2.48.